The highest BCUT2D eigenvalue weighted by Gasteiger charge is 2.39. The van der Waals surface area contributed by atoms with Crippen LogP contribution in [-0.2, 0) is 27.0 Å². The molecule has 3 aromatic rings. The van der Waals surface area contributed by atoms with Gasteiger partial charge in [-0.15, -0.1) is 0 Å². The SMILES string of the molecule is Cc1ccc(C([NH3+])P(=O)(O)C[C@@H](Cc2ccccc2)C(=O)N[C@@H](Cc2ccccc2)C(=O)O)c(C)c1. The molecule has 2 unspecified atom stereocenters. The lowest BCUT2D eigenvalue weighted by molar-refractivity contribution is -0.397. The summed E-state index contributed by atoms with van der Waals surface area (Å²) in [5.41, 5.74) is 8.15. The van der Waals surface area contributed by atoms with Crippen molar-refractivity contribution in [1.82, 2.24) is 5.32 Å². The van der Waals surface area contributed by atoms with Gasteiger partial charge in [0.05, 0.1) is 5.92 Å². The molecule has 0 heterocycles. The van der Waals surface area contributed by atoms with Crippen LogP contribution in [0.4, 0.5) is 0 Å². The minimum atomic E-state index is -3.95. The summed E-state index contributed by atoms with van der Waals surface area (Å²) in [5, 5.41) is 12.4. The third kappa shape index (κ3) is 7.37. The second-order valence-electron chi connectivity index (χ2n) is 9.29. The third-order valence-corrected chi connectivity index (χ3v) is 8.56. The van der Waals surface area contributed by atoms with Gasteiger partial charge in [-0.2, -0.15) is 0 Å². The van der Waals surface area contributed by atoms with E-state index in [1.165, 1.54) is 0 Å². The molecule has 0 aliphatic carbocycles. The molecule has 1 amide bonds. The Kier molecular flexibility index (Phi) is 9.21. The lowest BCUT2D eigenvalue weighted by atomic mass is 9.99. The van der Waals surface area contributed by atoms with Crippen LogP contribution < -0.4 is 11.1 Å². The molecule has 3 rings (SSSR count). The zero-order valence-corrected chi connectivity index (χ0v) is 21.5. The summed E-state index contributed by atoms with van der Waals surface area (Å²) in [6.07, 6.45) is -0.00133. The van der Waals surface area contributed by atoms with Crippen molar-refractivity contribution in [2.75, 3.05) is 6.16 Å². The predicted molar refractivity (Wildman–Crippen MR) is 140 cm³/mol. The van der Waals surface area contributed by atoms with E-state index >= 15 is 0 Å². The molecule has 0 fully saturated rings. The van der Waals surface area contributed by atoms with E-state index in [4.69, 9.17) is 0 Å². The summed E-state index contributed by atoms with van der Waals surface area (Å²) in [7, 11) is -3.95. The first kappa shape index (κ1) is 27.3. The Morgan fingerprint density at radius 2 is 1.47 bits per heavy atom. The van der Waals surface area contributed by atoms with E-state index in [-0.39, 0.29) is 19.0 Å². The van der Waals surface area contributed by atoms with Gasteiger partial charge < -0.3 is 21.1 Å². The van der Waals surface area contributed by atoms with Crippen molar-refractivity contribution in [3.63, 3.8) is 0 Å². The highest BCUT2D eigenvalue weighted by atomic mass is 31.2. The van der Waals surface area contributed by atoms with E-state index in [9.17, 15) is 24.2 Å². The number of benzene rings is 3. The number of carboxylic acid groups (broad SMARTS) is 1. The minimum Gasteiger partial charge on any atom is -0.480 e. The van der Waals surface area contributed by atoms with Gasteiger partial charge in [0.15, 0.2) is 5.78 Å². The maximum atomic E-state index is 13.6. The maximum absolute atomic E-state index is 13.6. The molecule has 0 bridgehead atoms. The number of amides is 1. The summed E-state index contributed by atoms with van der Waals surface area (Å²) in [4.78, 5) is 36.4. The molecule has 0 saturated carbocycles. The Labute approximate surface area is 211 Å². The average molecular weight is 510 g/mol. The zero-order chi connectivity index (χ0) is 26.3. The van der Waals surface area contributed by atoms with Crippen molar-refractivity contribution >= 4 is 19.2 Å². The van der Waals surface area contributed by atoms with Crippen molar-refractivity contribution < 1.29 is 29.9 Å². The molecule has 0 aliphatic rings. The Bertz CT molecular complexity index is 1230. The van der Waals surface area contributed by atoms with Gasteiger partial charge in [0, 0.05) is 18.1 Å². The number of aryl methyl sites for hydroxylation is 2. The van der Waals surface area contributed by atoms with Gasteiger partial charge in [-0.05, 0) is 37.0 Å². The standard InChI is InChI=1S/C28H33N2O5P/c1-19-13-14-24(20(2)15-19)26(29)36(34,35)18-23(16-21-9-5-3-6-10-21)27(31)30-25(28(32)33)17-22-11-7-4-8-12-22/h3-15,23,25-26H,16-18,29H2,1-2H3,(H,30,31)(H,32,33)(H,34,35)/p+1/t23-,25+,26?/m1/s1. The van der Waals surface area contributed by atoms with Crippen LogP contribution in [0, 0.1) is 19.8 Å². The van der Waals surface area contributed by atoms with Gasteiger partial charge in [-0.3, -0.25) is 9.36 Å². The third-order valence-electron chi connectivity index (χ3n) is 6.35. The molecular formula is C28H34N2O5P+. The fraction of sp³-hybridized carbons (Fsp3) is 0.286. The second kappa shape index (κ2) is 12.1. The van der Waals surface area contributed by atoms with Gasteiger partial charge >= 0.3 is 5.97 Å². The summed E-state index contributed by atoms with van der Waals surface area (Å²) in [6, 6.07) is 22.7. The lowest BCUT2D eigenvalue weighted by Crippen LogP contribution is -2.54. The summed E-state index contributed by atoms with van der Waals surface area (Å²) in [6.45, 7) is 3.82. The Balaban J connectivity index is 1.85. The zero-order valence-electron chi connectivity index (χ0n) is 20.6. The van der Waals surface area contributed by atoms with Crippen LogP contribution in [0.2, 0.25) is 0 Å². The quantitative estimate of drug-likeness (QED) is 0.294. The van der Waals surface area contributed by atoms with Crippen LogP contribution >= 0.6 is 7.37 Å². The number of carboxylic acids is 1. The van der Waals surface area contributed by atoms with Crippen LogP contribution in [-0.4, -0.2) is 34.1 Å². The summed E-state index contributed by atoms with van der Waals surface area (Å²) in [5.74, 6) is -3.55. The number of aliphatic carboxylic acids is 1. The highest BCUT2D eigenvalue weighted by molar-refractivity contribution is 7.58. The van der Waals surface area contributed by atoms with E-state index < -0.39 is 37.0 Å². The van der Waals surface area contributed by atoms with E-state index in [0.717, 1.165) is 22.3 Å². The molecule has 4 atom stereocenters. The van der Waals surface area contributed by atoms with Gasteiger partial charge in [0.25, 0.3) is 7.37 Å². The molecule has 0 spiro atoms. The van der Waals surface area contributed by atoms with Gasteiger partial charge in [0.1, 0.15) is 6.04 Å². The van der Waals surface area contributed by atoms with Crippen molar-refractivity contribution in [2.45, 2.75) is 38.5 Å². The lowest BCUT2D eigenvalue weighted by Gasteiger charge is -2.25. The topological polar surface area (TPSA) is 131 Å². The molecule has 36 heavy (non-hydrogen) atoms. The molecule has 0 aliphatic heterocycles. The summed E-state index contributed by atoms with van der Waals surface area (Å²) < 4.78 is 13.6. The smallest absolute Gasteiger partial charge is 0.326 e. The maximum Gasteiger partial charge on any atom is 0.326 e. The molecule has 190 valence electrons. The van der Waals surface area contributed by atoms with E-state index in [1.807, 2.05) is 62.4 Å². The van der Waals surface area contributed by atoms with Crippen molar-refractivity contribution in [3.05, 3.63) is 107 Å². The molecule has 7 nitrogen and oxygen atoms in total. The van der Waals surface area contributed by atoms with Crippen molar-refractivity contribution in [2.24, 2.45) is 5.92 Å². The monoisotopic (exact) mass is 509 g/mol. The van der Waals surface area contributed by atoms with Gasteiger partial charge in [0.2, 0.25) is 5.91 Å². The number of quaternary nitrogens is 1. The highest BCUT2D eigenvalue weighted by Crippen LogP contribution is 2.53. The Morgan fingerprint density at radius 1 is 0.917 bits per heavy atom. The molecular weight excluding hydrogens is 475 g/mol. The molecule has 0 aromatic heterocycles. The molecule has 0 saturated heterocycles. The molecule has 0 radical (unpaired) electrons. The van der Waals surface area contributed by atoms with E-state index in [2.05, 4.69) is 11.1 Å². The van der Waals surface area contributed by atoms with Crippen LogP contribution in [0.5, 0.6) is 0 Å². The van der Waals surface area contributed by atoms with Crippen LogP contribution in [0.3, 0.4) is 0 Å². The Morgan fingerprint density at radius 3 is 2.00 bits per heavy atom. The molecule has 3 aromatic carbocycles. The average Bonchev–Trinajstić information content (AvgIpc) is 2.84. The van der Waals surface area contributed by atoms with Crippen molar-refractivity contribution in [1.29, 1.82) is 0 Å². The minimum absolute atomic E-state index is 0.108. The second-order valence-corrected chi connectivity index (χ2v) is 11.8. The summed E-state index contributed by atoms with van der Waals surface area (Å²) >= 11 is 0. The van der Waals surface area contributed by atoms with Crippen LogP contribution in [0.1, 0.15) is 33.6 Å². The fourth-order valence-electron chi connectivity index (χ4n) is 4.34. The first-order chi connectivity index (χ1) is 17.1. The number of nitrogens with one attached hydrogen (secondary N) is 1. The first-order valence-corrected chi connectivity index (χ1v) is 13.8. The Hall–Kier alpha value is -3.25. The fourth-order valence-corrected chi connectivity index (χ4v) is 6.24. The number of hydrogen-bond donors (Lipinski definition) is 4. The van der Waals surface area contributed by atoms with Crippen LogP contribution in [0.25, 0.3) is 0 Å². The number of carbonyl (C=O) groups excluding carboxylic acids is 1. The van der Waals surface area contributed by atoms with Crippen LogP contribution in [0.15, 0.2) is 78.9 Å². The normalized spacial score (nSPS) is 15.3. The van der Waals surface area contributed by atoms with Crippen molar-refractivity contribution in [3.8, 4) is 0 Å². The first-order valence-electron chi connectivity index (χ1n) is 11.9. The van der Waals surface area contributed by atoms with Gasteiger partial charge in [-0.25, -0.2) is 4.79 Å². The van der Waals surface area contributed by atoms with E-state index in [1.54, 1.807) is 30.3 Å². The number of carbonyl (C=O) groups is 2. The molecule has 8 heteroatoms. The molecule has 6 N–H and O–H groups in total. The number of hydrogen-bond acceptors (Lipinski definition) is 3. The number of rotatable bonds is 11. The van der Waals surface area contributed by atoms with Gasteiger partial charge in [-0.1, -0.05) is 84.4 Å². The van der Waals surface area contributed by atoms with E-state index in [0.29, 0.717) is 5.56 Å². The largest absolute Gasteiger partial charge is 0.480 e. The predicted octanol–water partition coefficient (Wildman–Crippen LogP) is 3.49.